The van der Waals surface area contributed by atoms with E-state index in [-0.39, 0.29) is 11.0 Å². The van der Waals surface area contributed by atoms with E-state index in [9.17, 15) is 8.42 Å². The van der Waals surface area contributed by atoms with Crippen LogP contribution in [0.25, 0.3) is 0 Å². The highest BCUT2D eigenvalue weighted by Crippen LogP contribution is 2.15. The van der Waals surface area contributed by atoms with Gasteiger partial charge < -0.3 is 15.5 Å². The van der Waals surface area contributed by atoms with Crippen LogP contribution in [-0.2, 0) is 9.84 Å². The summed E-state index contributed by atoms with van der Waals surface area (Å²) in [6.07, 6.45) is 0. The van der Waals surface area contributed by atoms with Gasteiger partial charge in [-0.15, -0.1) is 0 Å². The van der Waals surface area contributed by atoms with E-state index in [1.165, 1.54) is 0 Å². The highest BCUT2D eigenvalue weighted by atomic mass is 32.2. The largest absolute Gasteiger partial charge is 0.383 e. The molecule has 0 aliphatic carbocycles. The van der Waals surface area contributed by atoms with Crippen LogP contribution in [0.3, 0.4) is 0 Å². The van der Waals surface area contributed by atoms with Crippen molar-refractivity contribution in [2.45, 2.75) is 0 Å². The number of aliphatic imine (C=N–C) groups is 1. The lowest BCUT2D eigenvalue weighted by Crippen LogP contribution is -2.48. The highest BCUT2D eigenvalue weighted by molar-refractivity contribution is 8.09. The molecule has 2 N–H and O–H groups in total. The third-order valence-corrected chi connectivity index (χ3v) is 3.94. The van der Waals surface area contributed by atoms with Crippen LogP contribution >= 0.6 is 0 Å². The maximum atomic E-state index is 11.6. The van der Waals surface area contributed by atoms with Crippen molar-refractivity contribution in [1.82, 2.24) is 9.80 Å². The molecule has 15 heavy (non-hydrogen) atoms. The molecule has 6 nitrogen and oxygen atoms in total. The van der Waals surface area contributed by atoms with Crippen LogP contribution in [-0.4, -0.2) is 56.6 Å². The first kappa shape index (κ1) is 10.4. The number of likely N-dealkylation sites (N-methyl/N-ethyl adjacent to an activating group) is 1. The van der Waals surface area contributed by atoms with Crippen molar-refractivity contribution in [1.29, 1.82) is 0 Å². The van der Waals surface area contributed by atoms with Gasteiger partial charge in [-0.2, -0.15) is 0 Å². The predicted molar refractivity (Wildman–Crippen MR) is 57.7 cm³/mol. The van der Waals surface area contributed by atoms with Gasteiger partial charge in [0.15, 0.2) is 0 Å². The Balaban J connectivity index is 2.17. The van der Waals surface area contributed by atoms with Crippen LogP contribution in [0.1, 0.15) is 0 Å². The number of amidine groups is 1. The second-order valence-corrected chi connectivity index (χ2v) is 5.46. The number of nitrogens with zero attached hydrogens (tertiary/aromatic N) is 3. The molecule has 0 aromatic rings. The van der Waals surface area contributed by atoms with E-state index in [1.54, 1.807) is 4.90 Å². The Labute approximate surface area is 89.0 Å². The van der Waals surface area contributed by atoms with Gasteiger partial charge in [0.05, 0.1) is 5.41 Å². The van der Waals surface area contributed by atoms with E-state index >= 15 is 0 Å². The third kappa shape index (κ3) is 1.98. The maximum absolute atomic E-state index is 11.6. The Morgan fingerprint density at radius 3 is 2.40 bits per heavy atom. The molecule has 1 saturated heterocycles. The first-order chi connectivity index (χ1) is 6.99. The number of nitrogens with two attached hydrogens (primary N) is 1. The van der Waals surface area contributed by atoms with Crippen LogP contribution in [0.5, 0.6) is 0 Å². The van der Waals surface area contributed by atoms with Gasteiger partial charge >= 0.3 is 0 Å². The van der Waals surface area contributed by atoms with Gasteiger partial charge in [-0.25, -0.2) is 13.4 Å². The molecule has 1 fully saturated rings. The van der Waals surface area contributed by atoms with Gasteiger partial charge in [-0.3, -0.25) is 0 Å². The van der Waals surface area contributed by atoms with E-state index in [4.69, 9.17) is 5.73 Å². The fraction of sp³-hybridized carbons (Fsp3) is 0.625. The molecule has 0 atom stereocenters. The normalized spacial score (nSPS) is 26.3. The van der Waals surface area contributed by atoms with Crippen LogP contribution in [0, 0.1) is 0 Å². The summed E-state index contributed by atoms with van der Waals surface area (Å²) in [6, 6.07) is 0. The second kappa shape index (κ2) is 3.49. The molecule has 2 aliphatic heterocycles. The van der Waals surface area contributed by atoms with Crippen LogP contribution < -0.4 is 5.73 Å². The SMILES string of the molecule is CN1CCN(C2=NC(N)=CS2(=O)=O)CC1. The number of hydrogen-bond acceptors (Lipinski definition) is 6. The molecule has 0 saturated carbocycles. The smallest absolute Gasteiger partial charge is 0.236 e. The van der Waals surface area contributed by atoms with Gasteiger partial charge in [-0.1, -0.05) is 0 Å². The summed E-state index contributed by atoms with van der Waals surface area (Å²) in [4.78, 5) is 7.78. The summed E-state index contributed by atoms with van der Waals surface area (Å²) < 4.78 is 23.2. The number of piperazine rings is 1. The van der Waals surface area contributed by atoms with Crippen LogP contribution in [0.4, 0.5) is 0 Å². The topological polar surface area (TPSA) is 79.0 Å². The zero-order chi connectivity index (χ0) is 11.1. The Kier molecular flexibility index (Phi) is 2.43. The highest BCUT2D eigenvalue weighted by Gasteiger charge is 2.30. The number of sulfone groups is 1. The van der Waals surface area contributed by atoms with E-state index < -0.39 is 9.84 Å². The fourth-order valence-corrected chi connectivity index (χ4v) is 2.91. The molecule has 0 aromatic heterocycles. The van der Waals surface area contributed by atoms with E-state index in [2.05, 4.69) is 9.89 Å². The average molecular weight is 230 g/mol. The zero-order valence-corrected chi connectivity index (χ0v) is 9.37. The molecule has 2 aliphatic rings. The Morgan fingerprint density at radius 2 is 1.93 bits per heavy atom. The average Bonchev–Trinajstić information content (AvgIpc) is 2.41. The molecule has 0 amide bonds. The second-order valence-electron chi connectivity index (χ2n) is 3.77. The molecule has 0 radical (unpaired) electrons. The standard InChI is InChI=1S/C8H14N4O2S/c1-11-2-4-12(5-3-11)8-10-7(9)6-15(8,13)14/h6H,2-5,9H2,1H3. The van der Waals surface area contributed by atoms with Crippen molar-refractivity contribution in [2.75, 3.05) is 33.2 Å². The van der Waals surface area contributed by atoms with Gasteiger partial charge in [0.1, 0.15) is 5.82 Å². The van der Waals surface area contributed by atoms with E-state index in [0.29, 0.717) is 13.1 Å². The number of rotatable bonds is 0. The molecular weight excluding hydrogens is 216 g/mol. The summed E-state index contributed by atoms with van der Waals surface area (Å²) in [5, 5.41) is 1.12. The monoisotopic (exact) mass is 230 g/mol. The van der Waals surface area contributed by atoms with Gasteiger partial charge in [0, 0.05) is 26.2 Å². The van der Waals surface area contributed by atoms with Gasteiger partial charge in [0.2, 0.25) is 15.0 Å². The third-order valence-electron chi connectivity index (χ3n) is 2.53. The Morgan fingerprint density at radius 1 is 1.33 bits per heavy atom. The Bertz CT molecular complexity index is 418. The first-order valence-corrected chi connectivity index (χ1v) is 6.28. The van der Waals surface area contributed by atoms with Crippen molar-refractivity contribution in [3.63, 3.8) is 0 Å². The first-order valence-electron chi connectivity index (χ1n) is 4.73. The molecule has 0 spiro atoms. The minimum Gasteiger partial charge on any atom is -0.383 e. The van der Waals surface area contributed by atoms with Gasteiger partial charge in [0.25, 0.3) is 0 Å². The molecule has 2 rings (SSSR count). The van der Waals surface area contributed by atoms with Crippen LogP contribution in [0.2, 0.25) is 0 Å². The summed E-state index contributed by atoms with van der Waals surface area (Å²) in [7, 11) is -1.37. The quantitative estimate of drug-likeness (QED) is 0.564. The number of hydrogen-bond donors (Lipinski definition) is 1. The molecule has 0 unspecified atom stereocenters. The maximum Gasteiger partial charge on any atom is 0.236 e. The summed E-state index contributed by atoms with van der Waals surface area (Å²) in [5.74, 6) is 0.0731. The predicted octanol–water partition coefficient (Wildman–Crippen LogP) is -1.22. The molecule has 0 bridgehead atoms. The van der Waals surface area contributed by atoms with Crippen molar-refractivity contribution in [2.24, 2.45) is 10.7 Å². The van der Waals surface area contributed by atoms with Crippen LogP contribution in [0.15, 0.2) is 16.2 Å². The molecule has 2 heterocycles. The van der Waals surface area contributed by atoms with Crippen molar-refractivity contribution in [3.05, 3.63) is 11.2 Å². The lowest BCUT2D eigenvalue weighted by Gasteiger charge is -2.32. The van der Waals surface area contributed by atoms with Gasteiger partial charge in [-0.05, 0) is 7.05 Å². The van der Waals surface area contributed by atoms with Crippen molar-refractivity contribution < 1.29 is 8.42 Å². The molecule has 0 aromatic carbocycles. The lowest BCUT2D eigenvalue weighted by molar-refractivity contribution is 0.217. The fourth-order valence-electron chi connectivity index (χ4n) is 1.66. The Hall–Kier alpha value is -1.08. The molecule has 84 valence electrons. The zero-order valence-electron chi connectivity index (χ0n) is 8.55. The summed E-state index contributed by atoms with van der Waals surface area (Å²) in [5.41, 5.74) is 5.39. The minimum atomic E-state index is -3.38. The van der Waals surface area contributed by atoms with Crippen molar-refractivity contribution >= 4 is 15.0 Å². The van der Waals surface area contributed by atoms with E-state index in [1.807, 2.05) is 7.05 Å². The van der Waals surface area contributed by atoms with Crippen molar-refractivity contribution in [3.8, 4) is 0 Å². The molecular formula is C8H14N4O2S. The summed E-state index contributed by atoms with van der Waals surface area (Å²) in [6.45, 7) is 3.04. The molecule has 7 heteroatoms. The van der Waals surface area contributed by atoms with E-state index in [0.717, 1.165) is 18.5 Å². The minimum absolute atomic E-state index is 0.0731. The summed E-state index contributed by atoms with van der Waals surface area (Å²) >= 11 is 0. The lowest BCUT2D eigenvalue weighted by atomic mass is 10.3.